The summed E-state index contributed by atoms with van der Waals surface area (Å²) in [6.45, 7) is 2.78. The van der Waals surface area contributed by atoms with E-state index in [-0.39, 0.29) is 5.56 Å². The van der Waals surface area contributed by atoms with Gasteiger partial charge in [0.1, 0.15) is 5.82 Å². The second kappa shape index (κ2) is 8.78. The lowest BCUT2D eigenvalue weighted by molar-refractivity contribution is 0.0980. The van der Waals surface area contributed by atoms with Gasteiger partial charge in [-0.2, -0.15) is 0 Å². The molecule has 0 atom stereocenters. The van der Waals surface area contributed by atoms with Gasteiger partial charge in [-0.3, -0.25) is 9.52 Å². The van der Waals surface area contributed by atoms with Crippen LogP contribution in [0.3, 0.4) is 0 Å². The van der Waals surface area contributed by atoms with Crippen molar-refractivity contribution in [1.29, 1.82) is 0 Å². The molecular formula is C18H17Cl3FN3OS. The molecule has 1 saturated heterocycles. The van der Waals surface area contributed by atoms with Crippen LogP contribution in [0.25, 0.3) is 0 Å². The van der Waals surface area contributed by atoms with Crippen molar-refractivity contribution in [2.45, 2.75) is 0 Å². The fraction of sp³-hybridized carbons (Fsp3) is 0.278. The van der Waals surface area contributed by atoms with E-state index in [1.807, 2.05) is 17.0 Å². The average molecular weight is 449 g/mol. The summed E-state index contributed by atoms with van der Waals surface area (Å²) >= 11 is 19.5. The summed E-state index contributed by atoms with van der Waals surface area (Å²) in [6, 6.07) is 8.24. The van der Waals surface area contributed by atoms with Gasteiger partial charge in [0, 0.05) is 38.1 Å². The van der Waals surface area contributed by atoms with Crippen molar-refractivity contribution in [3.05, 3.63) is 56.8 Å². The zero-order valence-electron chi connectivity index (χ0n) is 14.4. The normalized spacial score (nSPS) is 14.4. The molecule has 27 heavy (non-hydrogen) atoms. The van der Waals surface area contributed by atoms with Crippen LogP contribution in [0.1, 0.15) is 10.4 Å². The van der Waals surface area contributed by atoms with E-state index in [0.29, 0.717) is 33.8 Å². The first-order valence-corrected chi connectivity index (χ1v) is 10.5. The molecule has 144 valence electrons. The zero-order chi connectivity index (χ0) is 19.6. The third kappa shape index (κ3) is 4.57. The zero-order valence-corrected chi connectivity index (χ0v) is 17.5. The molecule has 1 heterocycles. The molecule has 1 aliphatic rings. The van der Waals surface area contributed by atoms with E-state index in [0.717, 1.165) is 30.7 Å². The molecule has 4 nitrogen and oxygen atoms in total. The van der Waals surface area contributed by atoms with Crippen LogP contribution in [-0.4, -0.2) is 38.3 Å². The Balaban J connectivity index is 1.73. The molecule has 2 aromatic rings. The van der Waals surface area contributed by atoms with Gasteiger partial charge >= 0.3 is 0 Å². The first-order valence-electron chi connectivity index (χ1n) is 8.18. The lowest BCUT2D eigenvalue weighted by Gasteiger charge is -2.38. The molecule has 0 unspecified atom stereocenters. The highest BCUT2D eigenvalue weighted by atomic mass is 35.5. The number of piperazine rings is 1. The maximum atomic E-state index is 14.4. The Morgan fingerprint density at radius 2 is 1.67 bits per heavy atom. The first-order chi connectivity index (χ1) is 12.9. The van der Waals surface area contributed by atoms with Gasteiger partial charge in [-0.15, -0.1) is 0 Å². The number of halogens is 4. The smallest absolute Gasteiger partial charge is 0.264 e. The van der Waals surface area contributed by atoms with Crippen molar-refractivity contribution >= 4 is 64.0 Å². The number of carbonyl (C=O) groups excluding carboxylic acids is 1. The van der Waals surface area contributed by atoms with Crippen molar-refractivity contribution < 1.29 is 9.18 Å². The number of benzene rings is 2. The Bertz CT molecular complexity index is 860. The van der Waals surface area contributed by atoms with Crippen molar-refractivity contribution in [1.82, 2.24) is 4.72 Å². The number of carbonyl (C=O) groups is 1. The number of amides is 1. The molecule has 0 saturated carbocycles. The summed E-state index contributed by atoms with van der Waals surface area (Å²) in [4.78, 5) is 16.1. The van der Waals surface area contributed by atoms with E-state index in [1.165, 1.54) is 12.1 Å². The third-order valence-electron chi connectivity index (χ3n) is 4.36. The SMILES string of the molecule is CSNC(=O)c1cc(Cl)c(N2CCN(c3ccc(Cl)c(Cl)c3)CC2)cc1F. The molecule has 9 heteroatoms. The Morgan fingerprint density at radius 1 is 1.00 bits per heavy atom. The van der Waals surface area contributed by atoms with Crippen LogP contribution in [0.5, 0.6) is 0 Å². The number of nitrogens with zero attached hydrogens (tertiary/aromatic N) is 2. The second-order valence-electron chi connectivity index (χ2n) is 5.99. The number of anilines is 2. The predicted molar refractivity (Wildman–Crippen MR) is 113 cm³/mol. The lowest BCUT2D eigenvalue weighted by Crippen LogP contribution is -2.46. The summed E-state index contributed by atoms with van der Waals surface area (Å²) in [5.41, 5.74) is 1.52. The number of nitrogens with one attached hydrogen (secondary N) is 1. The third-order valence-corrected chi connectivity index (χ3v) is 5.80. The van der Waals surface area contributed by atoms with Gasteiger partial charge in [0.2, 0.25) is 0 Å². The molecule has 1 fully saturated rings. The maximum absolute atomic E-state index is 14.4. The van der Waals surface area contributed by atoms with Gasteiger partial charge in [0.05, 0.1) is 26.3 Å². The Labute approximate surface area is 176 Å². The van der Waals surface area contributed by atoms with E-state index in [4.69, 9.17) is 34.8 Å². The van der Waals surface area contributed by atoms with Crippen molar-refractivity contribution in [2.24, 2.45) is 0 Å². The highest BCUT2D eigenvalue weighted by molar-refractivity contribution is 7.97. The van der Waals surface area contributed by atoms with Crippen LogP contribution < -0.4 is 14.5 Å². The molecule has 0 aromatic heterocycles. The Morgan fingerprint density at radius 3 is 2.30 bits per heavy atom. The van der Waals surface area contributed by atoms with Gasteiger partial charge in [-0.05, 0) is 30.3 Å². The minimum atomic E-state index is -0.590. The number of hydrogen-bond donors (Lipinski definition) is 1. The van der Waals surface area contributed by atoms with Crippen LogP contribution in [-0.2, 0) is 0 Å². The highest BCUT2D eigenvalue weighted by Gasteiger charge is 2.22. The summed E-state index contributed by atoms with van der Waals surface area (Å²) in [7, 11) is 0. The van der Waals surface area contributed by atoms with E-state index >= 15 is 0 Å². The highest BCUT2D eigenvalue weighted by Crippen LogP contribution is 2.32. The average Bonchev–Trinajstić information content (AvgIpc) is 2.66. The fourth-order valence-corrected chi connectivity index (χ4v) is 3.86. The topological polar surface area (TPSA) is 35.6 Å². The van der Waals surface area contributed by atoms with E-state index < -0.39 is 11.7 Å². The molecule has 3 rings (SSSR count). The monoisotopic (exact) mass is 447 g/mol. The molecule has 0 bridgehead atoms. The van der Waals surface area contributed by atoms with Crippen LogP contribution in [0.15, 0.2) is 30.3 Å². The van der Waals surface area contributed by atoms with E-state index in [9.17, 15) is 9.18 Å². The molecule has 0 spiro atoms. The molecule has 0 aliphatic carbocycles. The molecule has 0 radical (unpaired) electrons. The standard InChI is InChI=1S/C18H17Cl3FN3OS/c1-27-23-18(26)12-9-15(21)17(10-16(12)22)25-6-4-24(5-7-25)11-2-3-13(19)14(20)8-11/h2-3,8-10H,4-7H2,1H3,(H,23,26). The van der Waals surface area contributed by atoms with Gasteiger partial charge in [-0.1, -0.05) is 46.8 Å². The van der Waals surface area contributed by atoms with Crippen LogP contribution in [0.4, 0.5) is 15.8 Å². The molecule has 1 N–H and O–H groups in total. The van der Waals surface area contributed by atoms with Crippen LogP contribution >= 0.6 is 46.8 Å². The Hall–Kier alpha value is -1.34. The lowest BCUT2D eigenvalue weighted by atomic mass is 10.1. The number of hydrogen-bond acceptors (Lipinski definition) is 4. The van der Waals surface area contributed by atoms with Crippen molar-refractivity contribution in [3.63, 3.8) is 0 Å². The first kappa shape index (κ1) is 20.4. The summed E-state index contributed by atoms with van der Waals surface area (Å²) in [6.07, 6.45) is 1.69. The summed E-state index contributed by atoms with van der Waals surface area (Å²) in [5, 5.41) is 1.39. The Kier molecular flexibility index (Phi) is 6.63. The van der Waals surface area contributed by atoms with Crippen LogP contribution in [0, 0.1) is 5.82 Å². The van der Waals surface area contributed by atoms with Gasteiger partial charge in [0.25, 0.3) is 5.91 Å². The maximum Gasteiger partial charge on any atom is 0.264 e. The molecule has 2 aromatic carbocycles. The van der Waals surface area contributed by atoms with E-state index in [2.05, 4.69) is 9.62 Å². The molecule has 1 aliphatic heterocycles. The predicted octanol–water partition coefficient (Wildman–Crippen LogP) is 5.12. The van der Waals surface area contributed by atoms with Gasteiger partial charge in [0.15, 0.2) is 0 Å². The summed E-state index contributed by atoms with van der Waals surface area (Å²) in [5.74, 6) is -1.09. The molecule has 1 amide bonds. The minimum absolute atomic E-state index is 0.0625. The second-order valence-corrected chi connectivity index (χ2v) is 7.83. The van der Waals surface area contributed by atoms with E-state index in [1.54, 1.807) is 12.3 Å². The van der Waals surface area contributed by atoms with Gasteiger partial charge in [-0.25, -0.2) is 4.39 Å². The van der Waals surface area contributed by atoms with Crippen molar-refractivity contribution in [2.75, 3.05) is 42.2 Å². The van der Waals surface area contributed by atoms with Gasteiger partial charge < -0.3 is 9.80 Å². The quantitative estimate of drug-likeness (QED) is 0.659. The molecular weight excluding hydrogens is 432 g/mol. The number of rotatable bonds is 4. The minimum Gasteiger partial charge on any atom is -0.368 e. The van der Waals surface area contributed by atoms with Crippen molar-refractivity contribution in [3.8, 4) is 0 Å². The fourth-order valence-electron chi connectivity index (χ4n) is 2.99. The summed E-state index contributed by atoms with van der Waals surface area (Å²) < 4.78 is 16.9. The van der Waals surface area contributed by atoms with Crippen LogP contribution in [0.2, 0.25) is 15.1 Å². The largest absolute Gasteiger partial charge is 0.368 e.